The minimum atomic E-state index is 0.323. The largest absolute Gasteiger partial charge is 0.488 e. The molecule has 110 valence electrons. The number of benzene rings is 2. The second-order valence-corrected chi connectivity index (χ2v) is 5.22. The van der Waals surface area contributed by atoms with Gasteiger partial charge in [0.15, 0.2) is 6.29 Å². The smallest absolute Gasteiger partial charge is 0.153 e. The first kappa shape index (κ1) is 14.4. The molecule has 0 saturated heterocycles. The van der Waals surface area contributed by atoms with Crippen LogP contribution in [0.3, 0.4) is 0 Å². The predicted octanol–water partition coefficient (Wildman–Crippen LogP) is 4.52. The van der Waals surface area contributed by atoms with E-state index in [9.17, 15) is 4.79 Å². The summed E-state index contributed by atoms with van der Waals surface area (Å²) in [5, 5.41) is 0.652. The minimum Gasteiger partial charge on any atom is -0.488 e. The van der Waals surface area contributed by atoms with Crippen LogP contribution in [0.15, 0.2) is 67.0 Å². The van der Waals surface area contributed by atoms with E-state index >= 15 is 0 Å². The molecule has 0 aliphatic carbocycles. The summed E-state index contributed by atoms with van der Waals surface area (Å²) in [5.41, 5.74) is 2.31. The Hall–Kier alpha value is -2.52. The van der Waals surface area contributed by atoms with Crippen LogP contribution in [0.5, 0.6) is 5.75 Å². The summed E-state index contributed by atoms with van der Waals surface area (Å²) in [4.78, 5) is 11.3. The van der Waals surface area contributed by atoms with Crippen molar-refractivity contribution in [1.29, 1.82) is 0 Å². The van der Waals surface area contributed by atoms with Crippen molar-refractivity contribution in [3.63, 3.8) is 0 Å². The number of ether oxygens (including phenoxy) is 1. The van der Waals surface area contributed by atoms with Gasteiger partial charge < -0.3 is 9.30 Å². The van der Waals surface area contributed by atoms with Gasteiger partial charge in [-0.05, 0) is 36.4 Å². The molecule has 0 N–H and O–H groups in total. The molecule has 22 heavy (non-hydrogen) atoms. The number of halogens is 1. The molecular formula is C18H14ClNO2. The standard InChI is InChI=1S/C18H14ClNO2/c19-17-6-2-1-5-14(17)13-22-18-8-7-16(11-15(18)12-21)20-9-3-4-10-20/h1-12H,13H2. The van der Waals surface area contributed by atoms with Crippen LogP contribution < -0.4 is 4.74 Å². The van der Waals surface area contributed by atoms with E-state index < -0.39 is 0 Å². The van der Waals surface area contributed by atoms with Gasteiger partial charge in [-0.25, -0.2) is 0 Å². The maximum atomic E-state index is 11.3. The normalized spacial score (nSPS) is 10.4. The molecule has 1 aromatic heterocycles. The van der Waals surface area contributed by atoms with Gasteiger partial charge >= 0.3 is 0 Å². The zero-order valence-electron chi connectivity index (χ0n) is 11.8. The van der Waals surface area contributed by atoms with Crippen molar-refractivity contribution in [3.05, 3.63) is 83.1 Å². The van der Waals surface area contributed by atoms with Crippen molar-refractivity contribution in [2.24, 2.45) is 0 Å². The van der Waals surface area contributed by atoms with Gasteiger partial charge in [-0.2, -0.15) is 0 Å². The van der Waals surface area contributed by atoms with E-state index in [1.807, 2.05) is 59.4 Å². The fourth-order valence-electron chi connectivity index (χ4n) is 2.20. The van der Waals surface area contributed by atoms with Gasteiger partial charge in [0.1, 0.15) is 12.4 Å². The molecule has 3 rings (SSSR count). The summed E-state index contributed by atoms with van der Waals surface area (Å²) in [5.74, 6) is 0.547. The van der Waals surface area contributed by atoms with Crippen LogP contribution in [0, 0.1) is 0 Å². The molecule has 0 aliphatic heterocycles. The number of hydrogen-bond acceptors (Lipinski definition) is 2. The first-order chi connectivity index (χ1) is 10.8. The van der Waals surface area contributed by atoms with E-state index in [0.717, 1.165) is 17.5 Å². The van der Waals surface area contributed by atoms with Crippen LogP contribution in [0.2, 0.25) is 5.02 Å². The monoisotopic (exact) mass is 311 g/mol. The van der Waals surface area contributed by atoms with Crippen molar-refractivity contribution >= 4 is 17.9 Å². The van der Waals surface area contributed by atoms with Crippen LogP contribution >= 0.6 is 11.6 Å². The fourth-order valence-corrected chi connectivity index (χ4v) is 2.39. The lowest BCUT2D eigenvalue weighted by Gasteiger charge is -2.11. The van der Waals surface area contributed by atoms with Gasteiger partial charge in [-0.15, -0.1) is 0 Å². The lowest BCUT2D eigenvalue weighted by Crippen LogP contribution is -2.00. The Morgan fingerprint density at radius 1 is 1.05 bits per heavy atom. The highest BCUT2D eigenvalue weighted by Crippen LogP contribution is 2.23. The molecule has 3 aromatic rings. The number of nitrogens with zero attached hydrogens (tertiary/aromatic N) is 1. The van der Waals surface area contributed by atoms with Crippen molar-refractivity contribution in [2.75, 3.05) is 0 Å². The lowest BCUT2D eigenvalue weighted by molar-refractivity contribution is 0.111. The molecule has 0 radical (unpaired) electrons. The number of carbonyl (C=O) groups excluding carboxylic acids is 1. The van der Waals surface area contributed by atoms with Crippen molar-refractivity contribution < 1.29 is 9.53 Å². The van der Waals surface area contributed by atoms with Crippen molar-refractivity contribution in [1.82, 2.24) is 4.57 Å². The quantitative estimate of drug-likeness (QED) is 0.649. The average Bonchev–Trinajstić information content (AvgIpc) is 3.08. The van der Waals surface area contributed by atoms with Crippen LogP contribution in [-0.2, 0) is 6.61 Å². The number of rotatable bonds is 5. The fraction of sp³-hybridized carbons (Fsp3) is 0.0556. The SMILES string of the molecule is O=Cc1cc(-n2cccc2)ccc1OCc1ccccc1Cl. The van der Waals surface area contributed by atoms with Crippen molar-refractivity contribution in [3.8, 4) is 11.4 Å². The zero-order valence-corrected chi connectivity index (χ0v) is 12.5. The Bertz CT molecular complexity index is 782. The Morgan fingerprint density at radius 2 is 1.82 bits per heavy atom. The molecule has 2 aromatic carbocycles. The second kappa shape index (κ2) is 6.50. The lowest BCUT2D eigenvalue weighted by atomic mass is 10.2. The molecule has 0 saturated carbocycles. The van der Waals surface area contributed by atoms with E-state index in [2.05, 4.69) is 0 Å². The highest BCUT2D eigenvalue weighted by Gasteiger charge is 2.07. The molecule has 3 nitrogen and oxygen atoms in total. The zero-order chi connectivity index (χ0) is 15.4. The third kappa shape index (κ3) is 3.05. The van der Waals surface area contributed by atoms with Crippen LogP contribution in [0.25, 0.3) is 5.69 Å². The molecular weight excluding hydrogens is 298 g/mol. The third-order valence-electron chi connectivity index (χ3n) is 3.36. The Morgan fingerprint density at radius 3 is 2.55 bits per heavy atom. The highest BCUT2D eigenvalue weighted by molar-refractivity contribution is 6.31. The molecule has 0 bridgehead atoms. The van der Waals surface area contributed by atoms with Crippen LogP contribution in [-0.4, -0.2) is 10.9 Å². The summed E-state index contributed by atoms with van der Waals surface area (Å²) in [6.45, 7) is 0.323. The maximum Gasteiger partial charge on any atom is 0.153 e. The Balaban J connectivity index is 1.82. The first-order valence-corrected chi connectivity index (χ1v) is 7.24. The summed E-state index contributed by atoms with van der Waals surface area (Å²) < 4.78 is 7.68. The van der Waals surface area contributed by atoms with Crippen LogP contribution in [0.1, 0.15) is 15.9 Å². The van der Waals surface area contributed by atoms with Crippen molar-refractivity contribution in [2.45, 2.75) is 6.61 Å². The van der Waals surface area contributed by atoms with Gasteiger partial charge in [0, 0.05) is 28.7 Å². The van der Waals surface area contributed by atoms with E-state index in [4.69, 9.17) is 16.3 Å². The third-order valence-corrected chi connectivity index (χ3v) is 3.73. The van der Waals surface area contributed by atoms with Gasteiger partial charge in [0.05, 0.1) is 5.56 Å². The number of aldehydes is 1. The van der Waals surface area contributed by atoms with E-state index in [0.29, 0.717) is 22.9 Å². The van der Waals surface area contributed by atoms with E-state index in [1.54, 1.807) is 12.1 Å². The van der Waals surface area contributed by atoms with Gasteiger partial charge in [0.25, 0.3) is 0 Å². The number of carbonyl (C=O) groups is 1. The van der Waals surface area contributed by atoms with Gasteiger partial charge in [-0.1, -0.05) is 29.8 Å². The topological polar surface area (TPSA) is 31.2 Å². The van der Waals surface area contributed by atoms with E-state index in [-0.39, 0.29) is 0 Å². The first-order valence-electron chi connectivity index (χ1n) is 6.87. The maximum absolute atomic E-state index is 11.3. The number of aromatic nitrogens is 1. The molecule has 0 fully saturated rings. The summed E-state index contributed by atoms with van der Waals surface area (Å²) in [6.07, 6.45) is 4.65. The second-order valence-electron chi connectivity index (χ2n) is 4.81. The summed E-state index contributed by atoms with van der Waals surface area (Å²) in [7, 11) is 0. The van der Waals surface area contributed by atoms with E-state index in [1.165, 1.54) is 0 Å². The van der Waals surface area contributed by atoms with Gasteiger partial charge in [-0.3, -0.25) is 4.79 Å². The number of hydrogen-bond donors (Lipinski definition) is 0. The highest BCUT2D eigenvalue weighted by atomic mass is 35.5. The Labute approximate surface area is 133 Å². The summed E-state index contributed by atoms with van der Waals surface area (Å²) >= 11 is 6.10. The molecule has 0 unspecified atom stereocenters. The van der Waals surface area contributed by atoms with Crippen LogP contribution in [0.4, 0.5) is 0 Å². The average molecular weight is 312 g/mol. The van der Waals surface area contributed by atoms with Gasteiger partial charge in [0.2, 0.25) is 0 Å². The molecule has 0 aliphatic rings. The Kier molecular flexibility index (Phi) is 4.26. The molecule has 0 amide bonds. The summed E-state index contributed by atoms with van der Waals surface area (Å²) in [6, 6.07) is 16.9. The molecule has 1 heterocycles. The molecule has 0 atom stereocenters. The molecule has 0 spiro atoms. The predicted molar refractivity (Wildman–Crippen MR) is 86.9 cm³/mol. The molecule has 4 heteroatoms. The minimum absolute atomic E-state index is 0.323.